The quantitative estimate of drug-likeness (QED) is 0.620. The van der Waals surface area contributed by atoms with Gasteiger partial charge in [0.15, 0.2) is 5.78 Å². The summed E-state index contributed by atoms with van der Waals surface area (Å²) in [7, 11) is 0. The Morgan fingerprint density at radius 3 is 2.46 bits per heavy atom. The molecular weight excluding hydrogens is 378 g/mol. The number of rotatable bonds is 5. The van der Waals surface area contributed by atoms with Crippen LogP contribution in [0.5, 0.6) is 0 Å². The van der Waals surface area contributed by atoms with E-state index in [2.05, 4.69) is 10.3 Å². The van der Waals surface area contributed by atoms with Gasteiger partial charge in [0, 0.05) is 6.42 Å². The molecule has 0 saturated heterocycles. The minimum absolute atomic E-state index is 0.000667. The van der Waals surface area contributed by atoms with Gasteiger partial charge >= 0.3 is 6.18 Å². The first kappa shape index (κ1) is 19.7. The highest BCUT2D eigenvalue weighted by Crippen LogP contribution is 2.30. The van der Waals surface area contributed by atoms with Crippen LogP contribution in [0.4, 0.5) is 17.6 Å². The lowest BCUT2D eigenvalue weighted by Gasteiger charge is -2.13. The number of alkyl halides is 3. The van der Waals surface area contributed by atoms with Crippen molar-refractivity contribution in [2.24, 2.45) is 0 Å². The molecule has 1 aromatic heterocycles. The molecule has 3 aromatic rings. The monoisotopic (exact) mass is 393 g/mol. The number of aromatic nitrogens is 3. The molecule has 3 rings (SSSR count). The second kappa shape index (κ2) is 7.49. The number of carbonyl (C=O) groups excluding carboxylic acids is 1. The Bertz CT molecular complexity index is 1080. The molecule has 0 aliphatic carbocycles. The van der Waals surface area contributed by atoms with Crippen molar-refractivity contribution in [3.63, 3.8) is 0 Å². The van der Waals surface area contributed by atoms with Gasteiger partial charge in [-0.15, -0.1) is 5.10 Å². The Kier molecular flexibility index (Phi) is 5.26. The second-order valence-electron chi connectivity index (χ2n) is 6.48. The molecule has 0 radical (unpaired) electrons. The predicted octanol–water partition coefficient (Wildman–Crippen LogP) is 3.71. The molecule has 0 spiro atoms. The third-order valence-electron chi connectivity index (χ3n) is 4.35. The molecule has 5 nitrogen and oxygen atoms in total. The molecule has 1 heterocycles. The first-order valence-corrected chi connectivity index (χ1v) is 8.37. The van der Waals surface area contributed by atoms with Crippen molar-refractivity contribution in [2.45, 2.75) is 32.0 Å². The summed E-state index contributed by atoms with van der Waals surface area (Å²) >= 11 is 0. The molecule has 0 fully saturated rings. The standard InChI is InChI=1S/C19H15F4N3O2/c1-11(12-2-4-13(5-3-12)19(21,22)23)8-15(27)10-26-18(28)16-9-14(20)6-7-17(16)24-25-26/h2-7,9,11H,8,10H2,1H3/t11-/m1/s1. The molecule has 0 N–H and O–H groups in total. The van der Waals surface area contributed by atoms with Crippen LogP contribution in [0.2, 0.25) is 0 Å². The topological polar surface area (TPSA) is 64.8 Å². The van der Waals surface area contributed by atoms with Gasteiger partial charge in [-0.25, -0.2) is 9.07 Å². The molecule has 0 aliphatic rings. The van der Waals surface area contributed by atoms with E-state index in [4.69, 9.17) is 0 Å². The molecule has 0 saturated carbocycles. The first-order chi connectivity index (χ1) is 13.1. The molecule has 9 heteroatoms. The molecule has 0 aliphatic heterocycles. The number of nitrogens with zero attached hydrogens (tertiary/aromatic N) is 3. The minimum Gasteiger partial charge on any atom is -0.298 e. The summed E-state index contributed by atoms with van der Waals surface area (Å²) in [5.74, 6) is -1.30. The largest absolute Gasteiger partial charge is 0.416 e. The maximum atomic E-state index is 13.3. The van der Waals surface area contributed by atoms with Gasteiger partial charge in [0.2, 0.25) is 0 Å². The van der Waals surface area contributed by atoms with Gasteiger partial charge < -0.3 is 0 Å². The zero-order valence-electron chi connectivity index (χ0n) is 14.7. The molecule has 0 bridgehead atoms. The van der Waals surface area contributed by atoms with E-state index in [1.165, 1.54) is 18.2 Å². The van der Waals surface area contributed by atoms with Gasteiger partial charge in [0.05, 0.1) is 10.9 Å². The molecule has 2 aromatic carbocycles. The number of hydrogen-bond donors (Lipinski definition) is 0. The van der Waals surface area contributed by atoms with E-state index in [1.54, 1.807) is 6.92 Å². The first-order valence-electron chi connectivity index (χ1n) is 8.37. The fourth-order valence-corrected chi connectivity index (χ4v) is 2.84. The van der Waals surface area contributed by atoms with Crippen molar-refractivity contribution in [1.82, 2.24) is 15.0 Å². The number of carbonyl (C=O) groups is 1. The van der Waals surface area contributed by atoms with E-state index in [0.717, 1.165) is 28.9 Å². The predicted molar refractivity (Wildman–Crippen MR) is 93.2 cm³/mol. The molecule has 28 heavy (non-hydrogen) atoms. The van der Waals surface area contributed by atoms with Gasteiger partial charge in [-0.05, 0) is 41.8 Å². The normalized spacial score (nSPS) is 12.9. The lowest BCUT2D eigenvalue weighted by Crippen LogP contribution is -2.28. The van der Waals surface area contributed by atoms with E-state index >= 15 is 0 Å². The fraction of sp³-hybridized carbons (Fsp3) is 0.263. The Morgan fingerprint density at radius 2 is 1.82 bits per heavy atom. The summed E-state index contributed by atoms with van der Waals surface area (Å²) in [6, 6.07) is 8.07. The SMILES string of the molecule is C[C@H](CC(=O)Cn1nnc2ccc(F)cc2c1=O)c1ccc(C(F)(F)F)cc1. The maximum Gasteiger partial charge on any atom is 0.416 e. The summed E-state index contributed by atoms with van der Waals surface area (Å²) in [5.41, 5.74) is -0.617. The molecule has 146 valence electrons. The molecule has 1 atom stereocenters. The Labute approximate surface area is 156 Å². The average molecular weight is 393 g/mol. The lowest BCUT2D eigenvalue weighted by atomic mass is 9.95. The zero-order chi connectivity index (χ0) is 20.5. The highest BCUT2D eigenvalue weighted by molar-refractivity contribution is 5.80. The second-order valence-corrected chi connectivity index (χ2v) is 6.48. The highest BCUT2D eigenvalue weighted by Gasteiger charge is 2.30. The van der Waals surface area contributed by atoms with E-state index in [1.807, 2.05) is 0 Å². The molecule has 0 unspecified atom stereocenters. The summed E-state index contributed by atoms with van der Waals surface area (Å²) in [6.07, 6.45) is -4.42. The van der Waals surface area contributed by atoms with E-state index < -0.39 is 23.1 Å². The number of hydrogen-bond acceptors (Lipinski definition) is 4. The van der Waals surface area contributed by atoms with Gasteiger partial charge in [0.25, 0.3) is 5.56 Å². The number of halogens is 4. The maximum absolute atomic E-state index is 13.3. The number of fused-ring (bicyclic) bond motifs is 1. The average Bonchev–Trinajstić information content (AvgIpc) is 2.64. The van der Waals surface area contributed by atoms with Crippen LogP contribution in [0.3, 0.4) is 0 Å². The smallest absolute Gasteiger partial charge is 0.298 e. The zero-order valence-corrected chi connectivity index (χ0v) is 14.7. The van der Waals surface area contributed by atoms with Crippen LogP contribution in [0, 0.1) is 5.82 Å². The summed E-state index contributed by atoms with van der Waals surface area (Å²) in [6.45, 7) is 1.34. The van der Waals surface area contributed by atoms with Crippen molar-refractivity contribution in [2.75, 3.05) is 0 Å². The van der Waals surface area contributed by atoms with Gasteiger partial charge in [0.1, 0.15) is 17.9 Å². The van der Waals surface area contributed by atoms with Crippen molar-refractivity contribution in [1.29, 1.82) is 0 Å². The van der Waals surface area contributed by atoms with Crippen LogP contribution in [-0.2, 0) is 17.5 Å². The van der Waals surface area contributed by atoms with Gasteiger partial charge in [-0.3, -0.25) is 9.59 Å². The van der Waals surface area contributed by atoms with Crippen LogP contribution < -0.4 is 5.56 Å². The van der Waals surface area contributed by atoms with Gasteiger partial charge in [-0.1, -0.05) is 24.3 Å². The Balaban J connectivity index is 1.72. The fourth-order valence-electron chi connectivity index (χ4n) is 2.84. The minimum atomic E-state index is -4.42. The number of benzene rings is 2. The van der Waals surface area contributed by atoms with Crippen LogP contribution >= 0.6 is 0 Å². The lowest BCUT2D eigenvalue weighted by molar-refractivity contribution is -0.137. The number of Topliss-reactive ketones (excluding diaryl/α,β-unsaturated/α-hetero) is 1. The summed E-state index contributed by atoms with van der Waals surface area (Å²) in [5, 5.41) is 7.49. The van der Waals surface area contributed by atoms with E-state index in [-0.39, 0.29) is 35.6 Å². The van der Waals surface area contributed by atoms with Crippen LogP contribution in [0.15, 0.2) is 47.3 Å². The van der Waals surface area contributed by atoms with E-state index in [9.17, 15) is 27.2 Å². The van der Waals surface area contributed by atoms with Crippen LogP contribution in [-0.4, -0.2) is 20.8 Å². The Morgan fingerprint density at radius 1 is 1.14 bits per heavy atom. The van der Waals surface area contributed by atoms with Crippen molar-refractivity contribution in [3.8, 4) is 0 Å². The van der Waals surface area contributed by atoms with Crippen molar-refractivity contribution >= 4 is 16.7 Å². The van der Waals surface area contributed by atoms with Gasteiger partial charge in [-0.2, -0.15) is 13.2 Å². The van der Waals surface area contributed by atoms with E-state index in [0.29, 0.717) is 5.56 Å². The van der Waals surface area contributed by atoms with Crippen LogP contribution in [0.25, 0.3) is 10.9 Å². The molecule has 0 amide bonds. The third-order valence-corrected chi connectivity index (χ3v) is 4.35. The number of ketones is 1. The van der Waals surface area contributed by atoms with Crippen molar-refractivity contribution in [3.05, 3.63) is 69.8 Å². The van der Waals surface area contributed by atoms with Crippen LogP contribution in [0.1, 0.15) is 30.4 Å². The summed E-state index contributed by atoms with van der Waals surface area (Å²) in [4.78, 5) is 24.6. The third kappa shape index (κ3) is 4.24. The highest BCUT2D eigenvalue weighted by atomic mass is 19.4. The Hall–Kier alpha value is -3.10. The molecular formula is C19H15F4N3O2. The van der Waals surface area contributed by atoms with Crippen molar-refractivity contribution < 1.29 is 22.4 Å². The summed E-state index contributed by atoms with van der Waals surface area (Å²) < 4.78 is 52.1.